The molecule has 15 heavy (non-hydrogen) atoms. The lowest BCUT2D eigenvalue weighted by atomic mass is 9.85. The van der Waals surface area contributed by atoms with Crippen LogP contribution in [0.2, 0.25) is 0 Å². The van der Waals surface area contributed by atoms with Crippen molar-refractivity contribution in [2.75, 3.05) is 5.32 Å². The standard InChI is InChI=1S/C13H17NO/c1-4-5-9-6-7-11-10(8-9)13(2,3)12(15)14-11/h6-8H,4-5H2,1-3H3,(H,14,15). The third-order valence-electron chi connectivity index (χ3n) is 3.11. The Morgan fingerprint density at radius 3 is 2.73 bits per heavy atom. The molecule has 80 valence electrons. The van der Waals surface area contributed by atoms with Gasteiger partial charge in [-0.25, -0.2) is 0 Å². The zero-order valence-corrected chi connectivity index (χ0v) is 9.55. The average molecular weight is 203 g/mol. The molecule has 1 aliphatic heterocycles. The monoisotopic (exact) mass is 203 g/mol. The third kappa shape index (κ3) is 1.54. The van der Waals surface area contributed by atoms with Gasteiger partial charge in [0.1, 0.15) is 0 Å². The maximum atomic E-state index is 11.7. The lowest BCUT2D eigenvalue weighted by Crippen LogP contribution is -2.26. The number of rotatable bonds is 2. The second kappa shape index (κ2) is 3.37. The van der Waals surface area contributed by atoms with Crippen molar-refractivity contribution in [3.63, 3.8) is 0 Å². The summed E-state index contributed by atoms with van der Waals surface area (Å²) in [4.78, 5) is 11.7. The van der Waals surface area contributed by atoms with Gasteiger partial charge in [0.05, 0.1) is 5.41 Å². The highest BCUT2D eigenvalue weighted by Gasteiger charge is 2.38. The van der Waals surface area contributed by atoms with E-state index in [2.05, 4.69) is 24.4 Å². The van der Waals surface area contributed by atoms with Gasteiger partial charge in [-0.1, -0.05) is 25.5 Å². The van der Waals surface area contributed by atoms with Crippen LogP contribution in [0.3, 0.4) is 0 Å². The predicted molar refractivity (Wildman–Crippen MR) is 62.1 cm³/mol. The maximum absolute atomic E-state index is 11.7. The van der Waals surface area contributed by atoms with E-state index in [0.29, 0.717) is 0 Å². The first-order valence-corrected chi connectivity index (χ1v) is 5.50. The molecule has 2 heteroatoms. The highest BCUT2D eigenvalue weighted by molar-refractivity contribution is 6.05. The van der Waals surface area contributed by atoms with Crippen molar-refractivity contribution in [1.82, 2.24) is 0 Å². The molecule has 1 aromatic rings. The lowest BCUT2D eigenvalue weighted by Gasteiger charge is -2.15. The molecular weight excluding hydrogens is 186 g/mol. The maximum Gasteiger partial charge on any atom is 0.234 e. The minimum Gasteiger partial charge on any atom is -0.325 e. The largest absolute Gasteiger partial charge is 0.325 e. The average Bonchev–Trinajstić information content (AvgIpc) is 2.40. The van der Waals surface area contributed by atoms with E-state index in [9.17, 15) is 4.79 Å². The molecule has 0 radical (unpaired) electrons. The van der Waals surface area contributed by atoms with Crippen LogP contribution in [0.15, 0.2) is 18.2 Å². The SMILES string of the molecule is CCCc1ccc2c(c1)C(C)(C)C(=O)N2. The molecule has 0 spiro atoms. The van der Waals surface area contributed by atoms with Gasteiger partial charge in [0.2, 0.25) is 5.91 Å². The molecular formula is C13H17NO. The van der Waals surface area contributed by atoms with Gasteiger partial charge >= 0.3 is 0 Å². The number of hydrogen-bond donors (Lipinski definition) is 1. The van der Waals surface area contributed by atoms with Crippen LogP contribution in [-0.2, 0) is 16.6 Å². The summed E-state index contributed by atoms with van der Waals surface area (Å²) in [6, 6.07) is 6.29. The van der Waals surface area contributed by atoms with Crippen LogP contribution in [0.4, 0.5) is 5.69 Å². The molecule has 1 aromatic carbocycles. The van der Waals surface area contributed by atoms with Crippen LogP contribution < -0.4 is 5.32 Å². The number of hydrogen-bond acceptors (Lipinski definition) is 1. The summed E-state index contributed by atoms with van der Waals surface area (Å²) in [5.74, 6) is 0.103. The molecule has 0 atom stereocenters. The molecule has 1 N–H and O–H groups in total. The molecule has 0 bridgehead atoms. The van der Waals surface area contributed by atoms with Crippen LogP contribution in [0.25, 0.3) is 0 Å². The summed E-state index contributed by atoms with van der Waals surface area (Å²) in [6.45, 7) is 6.12. The van der Waals surface area contributed by atoms with E-state index >= 15 is 0 Å². The Hall–Kier alpha value is -1.31. The lowest BCUT2D eigenvalue weighted by molar-refractivity contribution is -0.119. The molecule has 0 saturated heterocycles. The molecule has 0 unspecified atom stereocenters. The summed E-state index contributed by atoms with van der Waals surface area (Å²) in [5.41, 5.74) is 3.06. The van der Waals surface area contributed by atoms with Crippen molar-refractivity contribution in [2.45, 2.75) is 39.0 Å². The Morgan fingerprint density at radius 1 is 1.33 bits per heavy atom. The Morgan fingerprint density at radius 2 is 2.07 bits per heavy atom. The molecule has 1 heterocycles. The van der Waals surface area contributed by atoms with E-state index in [4.69, 9.17) is 0 Å². The normalized spacial score (nSPS) is 17.4. The number of nitrogens with one attached hydrogen (secondary N) is 1. The first-order valence-electron chi connectivity index (χ1n) is 5.50. The minimum absolute atomic E-state index is 0.103. The molecule has 2 nitrogen and oxygen atoms in total. The molecule has 1 amide bonds. The fraction of sp³-hybridized carbons (Fsp3) is 0.462. The van der Waals surface area contributed by atoms with Crippen LogP contribution in [0, 0.1) is 0 Å². The third-order valence-corrected chi connectivity index (χ3v) is 3.11. The molecule has 0 saturated carbocycles. The first-order chi connectivity index (χ1) is 7.05. The van der Waals surface area contributed by atoms with Gasteiger partial charge in [-0.2, -0.15) is 0 Å². The second-order valence-electron chi connectivity index (χ2n) is 4.71. The summed E-state index contributed by atoms with van der Waals surface area (Å²) < 4.78 is 0. The van der Waals surface area contributed by atoms with Gasteiger partial charge in [-0.3, -0.25) is 4.79 Å². The van der Waals surface area contributed by atoms with Crippen molar-refractivity contribution in [1.29, 1.82) is 0 Å². The Bertz CT molecular complexity index is 407. The molecule has 0 aliphatic carbocycles. The van der Waals surface area contributed by atoms with Gasteiger partial charge in [0, 0.05) is 5.69 Å². The fourth-order valence-electron chi connectivity index (χ4n) is 2.06. The van der Waals surface area contributed by atoms with Gasteiger partial charge in [0.15, 0.2) is 0 Å². The van der Waals surface area contributed by atoms with E-state index in [1.807, 2.05) is 19.9 Å². The van der Waals surface area contributed by atoms with Crippen LogP contribution >= 0.6 is 0 Å². The number of fused-ring (bicyclic) bond motifs is 1. The zero-order valence-electron chi connectivity index (χ0n) is 9.55. The van der Waals surface area contributed by atoms with E-state index in [1.165, 1.54) is 5.56 Å². The Balaban J connectivity index is 2.45. The second-order valence-corrected chi connectivity index (χ2v) is 4.71. The van der Waals surface area contributed by atoms with E-state index < -0.39 is 0 Å². The highest BCUT2D eigenvalue weighted by atomic mass is 16.2. The molecule has 1 aliphatic rings. The molecule has 0 aromatic heterocycles. The summed E-state index contributed by atoms with van der Waals surface area (Å²) in [7, 11) is 0. The number of carbonyl (C=O) groups is 1. The highest BCUT2D eigenvalue weighted by Crippen LogP contribution is 2.37. The van der Waals surface area contributed by atoms with Crippen LogP contribution in [0.1, 0.15) is 38.3 Å². The molecule has 2 rings (SSSR count). The fourth-order valence-corrected chi connectivity index (χ4v) is 2.06. The summed E-state index contributed by atoms with van der Waals surface area (Å²) in [6.07, 6.45) is 2.22. The van der Waals surface area contributed by atoms with E-state index in [0.717, 1.165) is 24.1 Å². The summed E-state index contributed by atoms with van der Waals surface area (Å²) in [5, 5.41) is 2.92. The van der Waals surface area contributed by atoms with Crippen molar-refractivity contribution < 1.29 is 4.79 Å². The Labute approximate surface area is 90.7 Å². The van der Waals surface area contributed by atoms with E-state index in [1.54, 1.807) is 0 Å². The minimum atomic E-state index is -0.376. The van der Waals surface area contributed by atoms with Crippen molar-refractivity contribution in [3.8, 4) is 0 Å². The van der Waals surface area contributed by atoms with Gasteiger partial charge in [0.25, 0.3) is 0 Å². The zero-order chi connectivity index (χ0) is 11.1. The number of benzene rings is 1. The van der Waals surface area contributed by atoms with Crippen LogP contribution in [-0.4, -0.2) is 5.91 Å². The Kier molecular flexibility index (Phi) is 2.29. The van der Waals surface area contributed by atoms with Crippen molar-refractivity contribution in [3.05, 3.63) is 29.3 Å². The van der Waals surface area contributed by atoms with Gasteiger partial charge in [-0.05, 0) is 37.5 Å². The number of amides is 1. The number of carbonyl (C=O) groups excluding carboxylic acids is 1. The number of anilines is 1. The summed E-state index contributed by atoms with van der Waals surface area (Å²) >= 11 is 0. The predicted octanol–water partition coefficient (Wildman–Crippen LogP) is 2.87. The van der Waals surface area contributed by atoms with Gasteiger partial charge < -0.3 is 5.32 Å². The number of aryl methyl sites for hydroxylation is 1. The van der Waals surface area contributed by atoms with E-state index in [-0.39, 0.29) is 11.3 Å². The topological polar surface area (TPSA) is 29.1 Å². The quantitative estimate of drug-likeness (QED) is 0.786. The van der Waals surface area contributed by atoms with Crippen LogP contribution in [0.5, 0.6) is 0 Å². The van der Waals surface area contributed by atoms with Crippen molar-refractivity contribution >= 4 is 11.6 Å². The van der Waals surface area contributed by atoms with Crippen molar-refractivity contribution in [2.24, 2.45) is 0 Å². The first kappa shape index (κ1) is 10.2. The molecule has 0 fully saturated rings. The van der Waals surface area contributed by atoms with Gasteiger partial charge in [-0.15, -0.1) is 0 Å². The smallest absolute Gasteiger partial charge is 0.234 e.